The van der Waals surface area contributed by atoms with Gasteiger partial charge in [0.15, 0.2) is 12.1 Å². The van der Waals surface area contributed by atoms with Gasteiger partial charge in [-0.3, -0.25) is 5.01 Å². The monoisotopic (exact) mass is 627 g/mol. The van der Waals surface area contributed by atoms with Crippen molar-refractivity contribution in [3.8, 4) is 5.69 Å². The lowest BCUT2D eigenvalue weighted by atomic mass is 9.90. The van der Waals surface area contributed by atoms with Gasteiger partial charge in [0.05, 0.1) is 34.6 Å². The maximum Gasteiger partial charge on any atom is 0.329 e. The third kappa shape index (κ3) is 5.98. The molecule has 1 N–H and O–H groups in total. The van der Waals surface area contributed by atoms with Gasteiger partial charge < -0.3 is 24.1 Å². The number of hydrogen-bond acceptors (Lipinski definition) is 11. The summed E-state index contributed by atoms with van der Waals surface area (Å²) in [5.41, 5.74) is 1.77. The van der Waals surface area contributed by atoms with Crippen LogP contribution in [-0.2, 0) is 23.7 Å². The van der Waals surface area contributed by atoms with Crippen molar-refractivity contribution in [1.29, 1.82) is 0 Å². The van der Waals surface area contributed by atoms with E-state index < -0.39 is 54.8 Å². The molecule has 15 heteroatoms. The van der Waals surface area contributed by atoms with E-state index in [4.69, 9.17) is 30.5 Å². The molecule has 2 saturated heterocycles. The molecule has 2 fully saturated rings. The number of halogens is 1. The van der Waals surface area contributed by atoms with Gasteiger partial charge in [-0.15, -0.1) is 11.3 Å². The van der Waals surface area contributed by atoms with Gasteiger partial charge in [-0.1, -0.05) is 47.2 Å². The lowest BCUT2D eigenvalue weighted by Crippen LogP contribution is -2.65. The molecule has 0 saturated carbocycles. The number of hydrogen-bond donors (Lipinski definition) is 1. The number of rotatable bonds is 9. The summed E-state index contributed by atoms with van der Waals surface area (Å²) in [6, 6.07) is 14.6. The molecule has 0 radical (unpaired) electrons. The zero-order chi connectivity index (χ0) is 30.1. The topological polar surface area (TPSA) is 146 Å². The number of thiazole rings is 1. The predicted octanol–water partition coefficient (Wildman–Crippen LogP) is 4.46. The van der Waals surface area contributed by atoms with E-state index >= 15 is 0 Å². The van der Waals surface area contributed by atoms with Crippen molar-refractivity contribution in [2.24, 2.45) is 10.3 Å². The lowest BCUT2D eigenvalue weighted by molar-refractivity contribution is -0.326. The van der Waals surface area contributed by atoms with Crippen LogP contribution in [0.1, 0.15) is 35.7 Å². The van der Waals surface area contributed by atoms with Crippen LogP contribution in [0.25, 0.3) is 15.9 Å². The number of aryl methyl sites for hydroxylation is 1. The summed E-state index contributed by atoms with van der Waals surface area (Å²) in [7, 11) is 1.53. The maximum absolute atomic E-state index is 11.8. The smallest absolute Gasteiger partial charge is 0.329 e. The zero-order valence-corrected chi connectivity index (χ0v) is 25.1. The van der Waals surface area contributed by atoms with Gasteiger partial charge in [-0.2, -0.15) is 10.2 Å². The third-order valence-corrected chi connectivity index (χ3v) is 8.37. The van der Waals surface area contributed by atoms with E-state index in [9.17, 15) is 9.90 Å². The van der Waals surface area contributed by atoms with Crippen molar-refractivity contribution in [2.75, 3.05) is 20.3 Å². The molecule has 0 amide bonds. The number of nitrogens with zero attached hydrogens (tertiary/aromatic N) is 7. The van der Waals surface area contributed by atoms with Crippen molar-refractivity contribution in [3.05, 3.63) is 71.3 Å². The Morgan fingerprint density at radius 1 is 1.28 bits per heavy atom. The van der Waals surface area contributed by atoms with Crippen molar-refractivity contribution in [3.63, 3.8) is 0 Å². The van der Waals surface area contributed by atoms with E-state index in [0.717, 1.165) is 26.5 Å². The quantitative estimate of drug-likeness (QED) is 0.122. The molecule has 13 nitrogen and oxygen atoms in total. The van der Waals surface area contributed by atoms with Crippen LogP contribution in [0.3, 0.4) is 0 Å². The number of fused-ring (bicyclic) bond motifs is 2. The molecular formula is C28H30ClN7O6S. The van der Waals surface area contributed by atoms with Gasteiger partial charge in [-0.25, -0.2) is 19.4 Å². The first-order valence-corrected chi connectivity index (χ1v) is 14.9. The summed E-state index contributed by atoms with van der Waals surface area (Å²) in [5.74, 6) is -0.745. The number of carboxylic acids is 1. The summed E-state index contributed by atoms with van der Waals surface area (Å²) in [4.78, 5) is 20.9. The van der Waals surface area contributed by atoms with Crippen LogP contribution in [0.5, 0.6) is 0 Å². The molecule has 226 valence electrons. The fourth-order valence-electron chi connectivity index (χ4n) is 5.52. The fraction of sp³-hybridized carbons (Fsp3) is 0.429. The van der Waals surface area contributed by atoms with Gasteiger partial charge in [0.25, 0.3) is 0 Å². The molecule has 2 aliphatic rings. The standard InChI is InChI=1S/C28H30ClN7O6S/c1-15(29)35(34-30-3)23-24-20(12-40-28(42-24)17-7-5-4-6-8-17)41-26(25(23)39-13-22(37)38)27-31-14-32-36(27)18-9-10-19-21(11-18)43-16(2)33-19/h4-11,14-15,20,23-26,28H,12-13H2,1-3H3,(H,37,38)/t15?,20-,23+,24+,25-,26-,28?/m1/s1. The molecule has 0 spiro atoms. The minimum Gasteiger partial charge on any atom is -0.480 e. The number of ether oxygens (including phenoxy) is 4. The molecular weight excluding hydrogens is 598 g/mol. The van der Waals surface area contributed by atoms with Crippen LogP contribution in [0.4, 0.5) is 0 Å². The molecule has 2 aromatic heterocycles. The Morgan fingerprint density at radius 2 is 2.09 bits per heavy atom. The Labute approximate surface area is 256 Å². The Hall–Kier alpha value is -3.53. The summed E-state index contributed by atoms with van der Waals surface area (Å²) < 4.78 is 28.0. The van der Waals surface area contributed by atoms with Crippen molar-refractivity contribution < 1.29 is 28.8 Å². The first-order chi connectivity index (χ1) is 20.8. The minimum atomic E-state index is -1.15. The van der Waals surface area contributed by atoms with Crippen molar-refractivity contribution in [2.45, 2.75) is 56.1 Å². The SMILES string of the molecule is CN=NN(C(C)Cl)[C@H]1[C@H]2OC(c3ccccc3)OC[C@H]2O[C@@H](c2ncnn2-c2ccc3nc(C)sc3c2)[C@@H]1OCC(=O)O. The molecule has 2 aliphatic heterocycles. The van der Waals surface area contributed by atoms with Crippen LogP contribution < -0.4 is 0 Å². The lowest BCUT2D eigenvalue weighted by Gasteiger charge is -2.51. The first-order valence-electron chi connectivity index (χ1n) is 13.6. The fourth-order valence-corrected chi connectivity index (χ4v) is 6.55. The Balaban J connectivity index is 1.43. The molecule has 2 aromatic carbocycles. The average molecular weight is 628 g/mol. The third-order valence-electron chi connectivity index (χ3n) is 7.24. The highest BCUT2D eigenvalue weighted by Gasteiger charge is 2.55. The highest BCUT2D eigenvalue weighted by Crippen LogP contribution is 2.43. The second-order valence-corrected chi connectivity index (χ2v) is 12.0. The molecule has 4 heterocycles. The van der Waals surface area contributed by atoms with Gasteiger partial charge in [0.2, 0.25) is 0 Å². The van der Waals surface area contributed by atoms with Crippen LogP contribution in [0, 0.1) is 6.92 Å². The Morgan fingerprint density at radius 3 is 2.84 bits per heavy atom. The molecule has 4 aromatic rings. The average Bonchev–Trinajstić information content (AvgIpc) is 3.64. The van der Waals surface area contributed by atoms with Gasteiger partial charge in [0.1, 0.15) is 48.9 Å². The molecule has 0 bridgehead atoms. The van der Waals surface area contributed by atoms with E-state index in [-0.39, 0.29) is 6.61 Å². The maximum atomic E-state index is 11.8. The second kappa shape index (κ2) is 12.6. The van der Waals surface area contributed by atoms with E-state index in [2.05, 4.69) is 25.4 Å². The normalized spacial score (nSPS) is 26.4. The van der Waals surface area contributed by atoms with E-state index in [1.165, 1.54) is 13.4 Å². The van der Waals surface area contributed by atoms with Gasteiger partial charge >= 0.3 is 5.97 Å². The minimum absolute atomic E-state index is 0.177. The molecule has 2 unspecified atom stereocenters. The van der Waals surface area contributed by atoms with E-state index in [0.29, 0.717) is 5.82 Å². The number of aliphatic carboxylic acids is 1. The molecule has 0 aliphatic carbocycles. The molecule has 7 atom stereocenters. The summed E-state index contributed by atoms with van der Waals surface area (Å²) >= 11 is 8.23. The van der Waals surface area contributed by atoms with Crippen molar-refractivity contribution in [1.82, 2.24) is 24.8 Å². The largest absolute Gasteiger partial charge is 0.480 e. The van der Waals surface area contributed by atoms with Crippen LogP contribution in [0.15, 0.2) is 65.2 Å². The van der Waals surface area contributed by atoms with Crippen LogP contribution in [-0.4, -0.2) is 85.9 Å². The highest BCUT2D eigenvalue weighted by atomic mass is 35.5. The van der Waals surface area contributed by atoms with Crippen LogP contribution in [0.2, 0.25) is 0 Å². The highest BCUT2D eigenvalue weighted by molar-refractivity contribution is 7.18. The summed E-state index contributed by atoms with van der Waals surface area (Å²) in [5, 5.41) is 24.9. The number of carboxylic acid groups (broad SMARTS) is 1. The first kappa shape index (κ1) is 29.5. The van der Waals surface area contributed by atoms with E-state index in [1.807, 2.05) is 55.5 Å². The number of benzene rings is 2. The Kier molecular flexibility index (Phi) is 8.66. The summed E-state index contributed by atoms with van der Waals surface area (Å²) in [6.07, 6.45) is -2.44. The predicted molar refractivity (Wildman–Crippen MR) is 156 cm³/mol. The number of alkyl halides is 1. The van der Waals surface area contributed by atoms with Gasteiger partial charge in [0, 0.05) is 5.56 Å². The zero-order valence-electron chi connectivity index (χ0n) is 23.6. The van der Waals surface area contributed by atoms with Gasteiger partial charge in [-0.05, 0) is 32.0 Å². The second-order valence-electron chi connectivity index (χ2n) is 10.1. The summed E-state index contributed by atoms with van der Waals surface area (Å²) in [6.45, 7) is 3.27. The van der Waals surface area contributed by atoms with Crippen LogP contribution >= 0.6 is 22.9 Å². The number of carbonyl (C=O) groups is 1. The van der Waals surface area contributed by atoms with E-state index in [1.54, 1.807) is 28.0 Å². The Bertz CT molecular complexity index is 1600. The number of aromatic nitrogens is 4. The molecule has 43 heavy (non-hydrogen) atoms. The van der Waals surface area contributed by atoms with Crippen molar-refractivity contribution >= 4 is 39.1 Å². The molecule has 6 rings (SSSR count).